The predicted molar refractivity (Wildman–Crippen MR) is 74.6 cm³/mol. The minimum Gasteiger partial charge on any atom is -0.494 e. The maximum absolute atomic E-state index is 12.0. The largest absolute Gasteiger partial charge is 0.494 e. The van der Waals surface area contributed by atoms with Crippen LogP contribution in [0.2, 0.25) is 0 Å². The molecule has 1 unspecified atom stereocenters. The van der Waals surface area contributed by atoms with Crippen LogP contribution in [0.4, 0.5) is 0 Å². The van der Waals surface area contributed by atoms with Crippen LogP contribution in [0, 0.1) is 12.3 Å². The number of hydrogen-bond acceptors (Lipinski definition) is 3. The minimum absolute atomic E-state index is 0.0624. The van der Waals surface area contributed by atoms with Crippen LogP contribution in [0.25, 0.3) is 0 Å². The number of aliphatic carboxylic acids is 1. The summed E-state index contributed by atoms with van der Waals surface area (Å²) < 4.78 is 5.42. The second-order valence-electron chi connectivity index (χ2n) is 4.15. The number of hydrogen-bond donors (Lipinski definition) is 2. The SMILES string of the molecule is C#CCC(NC(=O)c1cccc(OCCC)c1)C(=O)O. The number of nitrogens with one attached hydrogen (secondary N) is 1. The molecule has 1 atom stereocenters. The minimum atomic E-state index is -1.16. The van der Waals surface area contributed by atoms with Gasteiger partial charge in [-0.25, -0.2) is 4.79 Å². The molecule has 0 radical (unpaired) electrons. The van der Waals surface area contributed by atoms with Crippen LogP contribution in [0.1, 0.15) is 30.1 Å². The third-order valence-corrected chi connectivity index (χ3v) is 2.49. The smallest absolute Gasteiger partial charge is 0.327 e. The third kappa shape index (κ3) is 4.65. The zero-order valence-corrected chi connectivity index (χ0v) is 11.3. The van der Waals surface area contributed by atoms with Gasteiger partial charge in [0.05, 0.1) is 6.61 Å². The van der Waals surface area contributed by atoms with E-state index in [-0.39, 0.29) is 6.42 Å². The summed E-state index contributed by atoms with van der Waals surface area (Å²) in [6.45, 7) is 2.54. The molecule has 0 aliphatic carbocycles. The van der Waals surface area contributed by atoms with E-state index in [2.05, 4.69) is 11.2 Å². The lowest BCUT2D eigenvalue weighted by Gasteiger charge is -2.12. The number of carboxylic acid groups (broad SMARTS) is 1. The molecule has 0 heterocycles. The highest BCUT2D eigenvalue weighted by atomic mass is 16.5. The molecule has 5 heteroatoms. The second kappa shape index (κ2) is 7.85. The first-order valence-corrected chi connectivity index (χ1v) is 6.28. The van der Waals surface area contributed by atoms with E-state index < -0.39 is 17.9 Å². The summed E-state index contributed by atoms with van der Waals surface area (Å²) in [5.41, 5.74) is 0.335. The third-order valence-electron chi connectivity index (χ3n) is 2.49. The van der Waals surface area contributed by atoms with E-state index in [9.17, 15) is 9.59 Å². The Balaban J connectivity index is 2.76. The summed E-state index contributed by atoms with van der Waals surface area (Å²) in [5.74, 6) is 1.15. The van der Waals surface area contributed by atoms with Gasteiger partial charge in [-0.1, -0.05) is 13.0 Å². The Morgan fingerprint density at radius 1 is 1.50 bits per heavy atom. The van der Waals surface area contributed by atoms with E-state index in [1.165, 1.54) is 0 Å². The molecule has 0 bridgehead atoms. The monoisotopic (exact) mass is 275 g/mol. The number of benzene rings is 1. The lowest BCUT2D eigenvalue weighted by atomic mass is 10.1. The highest BCUT2D eigenvalue weighted by molar-refractivity contribution is 5.96. The molecule has 0 saturated heterocycles. The van der Waals surface area contributed by atoms with Crippen LogP contribution < -0.4 is 10.1 Å². The van der Waals surface area contributed by atoms with Crippen molar-refractivity contribution in [3.05, 3.63) is 29.8 Å². The molecule has 0 saturated carbocycles. The molecule has 0 aliphatic heterocycles. The van der Waals surface area contributed by atoms with Gasteiger partial charge >= 0.3 is 5.97 Å². The molecule has 1 rings (SSSR count). The molecule has 0 aliphatic rings. The standard InChI is InChI=1S/C15H17NO4/c1-3-6-13(15(18)19)16-14(17)11-7-5-8-12(10-11)20-9-4-2/h1,5,7-8,10,13H,4,6,9H2,2H3,(H,16,17)(H,18,19). The van der Waals surface area contributed by atoms with E-state index in [1.807, 2.05) is 6.92 Å². The fourth-order valence-electron chi connectivity index (χ4n) is 1.51. The van der Waals surface area contributed by atoms with Crippen molar-refractivity contribution in [1.29, 1.82) is 0 Å². The van der Waals surface area contributed by atoms with Crippen molar-refractivity contribution < 1.29 is 19.4 Å². The fraction of sp³-hybridized carbons (Fsp3) is 0.333. The van der Waals surface area contributed by atoms with Crippen LogP contribution in [-0.4, -0.2) is 29.6 Å². The van der Waals surface area contributed by atoms with Gasteiger partial charge in [0.1, 0.15) is 11.8 Å². The van der Waals surface area contributed by atoms with Crippen molar-refractivity contribution in [2.24, 2.45) is 0 Å². The lowest BCUT2D eigenvalue weighted by Crippen LogP contribution is -2.40. The quantitative estimate of drug-likeness (QED) is 0.742. The van der Waals surface area contributed by atoms with Crippen LogP contribution in [0.3, 0.4) is 0 Å². The molecule has 2 N–H and O–H groups in total. The van der Waals surface area contributed by atoms with E-state index in [0.717, 1.165) is 6.42 Å². The molecule has 0 aromatic heterocycles. The summed E-state index contributed by atoms with van der Waals surface area (Å²) in [4.78, 5) is 22.9. The van der Waals surface area contributed by atoms with Gasteiger partial charge in [-0.05, 0) is 24.6 Å². The second-order valence-corrected chi connectivity index (χ2v) is 4.15. The Morgan fingerprint density at radius 2 is 2.25 bits per heavy atom. The lowest BCUT2D eigenvalue weighted by molar-refractivity contribution is -0.139. The molecule has 1 aromatic carbocycles. The average Bonchev–Trinajstić information content (AvgIpc) is 2.44. The number of rotatable bonds is 7. The van der Waals surface area contributed by atoms with E-state index >= 15 is 0 Å². The van der Waals surface area contributed by atoms with E-state index in [0.29, 0.717) is 17.9 Å². The summed E-state index contributed by atoms with van der Waals surface area (Å²) in [6, 6.07) is 5.48. The Morgan fingerprint density at radius 3 is 2.85 bits per heavy atom. The van der Waals surface area contributed by atoms with Gasteiger partial charge in [-0.2, -0.15) is 0 Å². The molecule has 0 spiro atoms. The Kier molecular flexibility index (Phi) is 6.11. The van der Waals surface area contributed by atoms with Crippen molar-refractivity contribution >= 4 is 11.9 Å². The van der Waals surface area contributed by atoms with Crippen molar-refractivity contribution in [3.63, 3.8) is 0 Å². The molecule has 106 valence electrons. The number of carbonyl (C=O) groups excluding carboxylic acids is 1. The van der Waals surface area contributed by atoms with Crippen LogP contribution in [0.15, 0.2) is 24.3 Å². The number of ether oxygens (including phenoxy) is 1. The maximum atomic E-state index is 12.0. The maximum Gasteiger partial charge on any atom is 0.327 e. The number of carbonyl (C=O) groups is 2. The molecular formula is C15H17NO4. The van der Waals surface area contributed by atoms with Gasteiger partial charge in [-0.15, -0.1) is 12.3 Å². The first-order valence-electron chi connectivity index (χ1n) is 6.28. The highest BCUT2D eigenvalue weighted by Gasteiger charge is 2.19. The number of amides is 1. The van der Waals surface area contributed by atoms with Gasteiger partial charge in [0.2, 0.25) is 0 Å². The Bertz CT molecular complexity index is 519. The van der Waals surface area contributed by atoms with Crippen molar-refractivity contribution in [3.8, 4) is 18.1 Å². The fourth-order valence-corrected chi connectivity index (χ4v) is 1.51. The summed E-state index contributed by atoms with van der Waals surface area (Å²) >= 11 is 0. The van der Waals surface area contributed by atoms with Gasteiger partial charge in [0.25, 0.3) is 5.91 Å². The molecule has 5 nitrogen and oxygen atoms in total. The highest BCUT2D eigenvalue weighted by Crippen LogP contribution is 2.13. The van der Waals surface area contributed by atoms with Gasteiger partial charge in [0.15, 0.2) is 0 Å². The summed E-state index contributed by atoms with van der Waals surface area (Å²) in [5, 5.41) is 11.3. The molecule has 0 fully saturated rings. The van der Waals surface area contributed by atoms with Crippen molar-refractivity contribution in [2.45, 2.75) is 25.8 Å². The Hall–Kier alpha value is -2.48. The molecule has 1 amide bonds. The Labute approximate surface area is 117 Å². The topological polar surface area (TPSA) is 75.6 Å². The first-order chi connectivity index (χ1) is 9.58. The number of terminal acetylenes is 1. The van der Waals surface area contributed by atoms with Crippen LogP contribution in [0.5, 0.6) is 5.75 Å². The molecular weight excluding hydrogens is 258 g/mol. The average molecular weight is 275 g/mol. The summed E-state index contributed by atoms with van der Waals surface area (Å²) in [6.07, 6.45) is 5.87. The van der Waals surface area contributed by atoms with Crippen molar-refractivity contribution in [1.82, 2.24) is 5.32 Å². The van der Waals surface area contributed by atoms with Crippen LogP contribution in [-0.2, 0) is 4.79 Å². The van der Waals surface area contributed by atoms with Gasteiger partial charge in [-0.3, -0.25) is 4.79 Å². The van der Waals surface area contributed by atoms with Crippen molar-refractivity contribution in [2.75, 3.05) is 6.61 Å². The summed E-state index contributed by atoms with van der Waals surface area (Å²) in [7, 11) is 0. The van der Waals surface area contributed by atoms with E-state index in [4.69, 9.17) is 16.3 Å². The zero-order valence-electron chi connectivity index (χ0n) is 11.3. The number of carboxylic acids is 1. The predicted octanol–water partition coefficient (Wildman–Crippen LogP) is 1.68. The first kappa shape index (κ1) is 15.6. The normalized spacial score (nSPS) is 11.2. The van der Waals surface area contributed by atoms with Gasteiger partial charge in [0, 0.05) is 12.0 Å². The van der Waals surface area contributed by atoms with E-state index in [1.54, 1.807) is 24.3 Å². The van der Waals surface area contributed by atoms with Crippen LogP contribution >= 0.6 is 0 Å². The molecule has 20 heavy (non-hydrogen) atoms. The zero-order chi connectivity index (χ0) is 15.0. The van der Waals surface area contributed by atoms with Gasteiger partial charge < -0.3 is 15.2 Å². The molecule has 1 aromatic rings.